The zero-order chi connectivity index (χ0) is 12.7. The molecule has 0 saturated carbocycles. The van der Waals surface area contributed by atoms with Crippen LogP contribution in [0.4, 0.5) is 4.39 Å². The molecule has 1 aromatic rings. The molecule has 0 spiro atoms. The molecule has 1 atom stereocenters. The van der Waals surface area contributed by atoms with E-state index in [1.807, 2.05) is 19.1 Å². The van der Waals surface area contributed by atoms with Crippen LogP contribution in [-0.4, -0.2) is 19.1 Å². The van der Waals surface area contributed by atoms with Gasteiger partial charge in [0.25, 0.3) is 0 Å². The van der Waals surface area contributed by atoms with E-state index >= 15 is 0 Å². The molecule has 0 radical (unpaired) electrons. The summed E-state index contributed by atoms with van der Waals surface area (Å²) in [6.07, 6.45) is 1.14. The van der Waals surface area contributed by atoms with Gasteiger partial charge in [-0.1, -0.05) is 19.1 Å². The van der Waals surface area contributed by atoms with E-state index in [9.17, 15) is 4.39 Å². The highest BCUT2D eigenvalue weighted by Gasteiger charge is 2.04. The molecule has 0 aliphatic heterocycles. The minimum Gasteiger partial charge on any atom is -0.315 e. The standard InChI is InChI=1S/C14H23FN2/c1-4-7-16-9-12(3)17-10-13-6-5-11(2)8-14(13)15/h5-6,8,12,16-17H,4,7,9-10H2,1-3H3. The molecule has 96 valence electrons. The Balaban J connectivity index is 2.34. The fourth-order valence-electron chi connectivity index (χ4n) is 1.65. The van der Waals surface area contributed by atoms with E-state index in [0.717, 1.165) is 30.6 Å². The lowest BCUT2D eigenvalue weighted by Gasteiger charge is -2.15. The van der Waals surface area contributed by atoms with Gasteiger partial charge in [-0.15, -0.1) is 0 Å². The molecule has 2 nitrogen and oxygen atoms in total. The summed E-state index contributed by atoms with van der Waals surface area (Å²) in [5.74, 6) is -0.119. The first kappa shape index (κ1) is 14.1. The monoisotopic (exact) mass is 238 g/mol. The fraction of sp³-hybridized carbons (Fsp3) is 0.571. The Morgan fingerprint density at radius 3 is 2.76 bits per heavy atom. The summed E-state index contributed by atoms with van der Waals surface area (Å²) in [6.45, 7) is 8.69. The van der Waals surface area contributed by atoms with Crippen molar-refractivity contribution in [3.63, 3.8) is 0 Å². The number of hydrogen-bond acceptors (Lipinski definition) is 2. The van der Waals surface area contributed by atoms with Crippen molar-refractivity contribution < 1.29 is 4.39 Å². The number of aryl methyl sites for hydroxylation is 1. The largest absolute Gasteiger partial charge is 0.315 e. The van der Waals surface area contributed by atoms with Gasteiger partial charge in [0.1, 0.15) is 5.82 Å². The van der Waals surface area contributed by atoms with E-state index in [1.165, 1.54) is 0 Å². The van der Waals surface area contributed by atoms with Crippen LogP contribution in [0.3, 0.4) is 0 Å². The Morgan fingerprint density at radius 2 is 2.12 bits per heavy atom. The maximum Gasteiger partial charge on any atom is 0.127 e. The van der Waals surface area contributed by atoms with Gasteiger partial charge in [0.15, 0.2) is 0 Å². The van der Waals surface area contributed by atoms with Gasteiger partial charge in [0, 0.05) is 24.7 Å². The molecule has 1 aromatic carbocycles. The zero-order valence-corrected chi connectivity index (χ0v) is 11.0. The van der Waals surface area contributed by atoms with Crippen LogP contribution in [0, 0.1) is 12.7 Å². The quantitative estimate of drug-likeness (QED) is 0.714. The second-order valence-corrected chi connectivity index (χ2v) is 4.58. The van der Waals surface area contributed by atoms with Gasteiger partial charge in [-0.2, -0.15) is 0 Å². The third-order valence-corrected chi connectivity index (χ3v) is 2.73. The Labute approximate surface area is 104 Å². The highest BCUT2D eigenvalue weighted by Crippen LogP contribution is 2.09. The first-order valence-electron chi connectivity index (χ1n) is 6.32. The molecule has 0 amide bonds. The first-order chi connectivity index (χ1) is 8.13. The maximum absolute atomic E-state index is 13.6. The molecule has 0 heterocycles. The first-order valence-corrected chi connectivity index (χ1v) is 6.32. The van der Waals surface area contributed by atoms with Crippen LogP contribution >= 0.6 is 0 Å². The predicted octanol–water partition coefficient (Wildman–Crippen LogP) is 2.61. The summed E-state index contributed by atoms with van der Waals surface area (Å²) < 4.78 is 13.6. The van der Waals surface area contributed by atoms with Crippen LogP contribution < -0.4 is 10.6 Å². The van der Waals surface area contributed by atoms with Gasteiger partial charge < -0.3 is 10.6 Å². The van der Waals surface area contributed by atoms with Gasteiger partial charge in [-0.25, -0.2) is 4.39 Å². The molecule has 0 fully saturated rings. The number of hydrogen-bond donors (Lipinski definition) is 2. The third kappa shape index (κ3) is 5.29. The van der Waals surface area contributed by atoms with E-state index in [0.29, 0.717) is 12.6 Å². The van der Waals surface area contributed by atoms with E-state index in [4.69, 9.17) is 0 Å². The summed E-state index contributed by atoms with van der Waals surface area (Å²) in [5, 5.41) is 6.65. The Bertz CT molecular complexity index is 339. The van der Waals surface area contributed by atoms with E-state index in [-0.39, 0.29) is 5.82 Å². The van der Waals surface area contributed by atoms with Gasteiger partial charge in [-0.05, 0) is 38.4 Å². The van der Waals surface area contributed by atoms with Crippen molar-refractivity contribution in [3.8, 4) is 0 Å². The van der Waals surface area contributed by atoms with Crippen LogP contribution in [0.25, 0.3) is 0 Å². The lowest BCUT2D eigenvalue weighted by atomic mass is 10.1. The van der Waals surface area contributed by atoms with Crippen molar-refractivity contribution >= 4 is 0 Å². The molecule has 2 N–H and O–H groups in total. The summed E-state index contributed by atoms with van der Waals surface area (Å²) in [5.41, 5.74) is 1.70. The molecular formula is C14H23FN2. The second-order valence-electron chi connectivity index (χ2n) is 4.58. The summed E-state index contributed by atoms with van der Waals surface area (Å²) >= 11 is 0. The average molecular weight is 238 g/mol. The normalized spacial score (nSPS) is 12.7. The smallest absolute Gasteiger partial charge is 0.127 e. The molecule has 1 unspecified atom stereocenters. The van der Waals surface area contributed by atoms with Crippen LogP contribution in [0.1, 0.15) is 31.4 Å². The minimum atomic E-state index is -0.119. The molecule has 17 heavy (non-hydrogen) atoms. The average Bonchev–Trinajstić information content (AvgIpc) is 2.28. The number of benzene rings is 1. The van der Waals surface area contributed by atoms with Crippen molar-refractivity contribution in [2.45, 2.75) is 39.8 Å². The van der Waals surface area contributed by atoms with Crippen LogP contribution in [0.2, 0.25) is 0 Å². The molecule has 1 rings (SSSR count). The maximum atomic E-state index is 13.6. The molecule has 0 aromatic heterocycles. The van der Waals surface area contributed by atoms with Gasteiger partial charge in [-0.3, -0.25) is 0 Å². The van der Waals surface area contributed by atoms with Crippen molar-refractivity contribution in [1.29, 1.82) is 0 Å². The molecule has 0 aliphatic carbocycles. The SMILES string of the molecule is CCCNCC(C)NCc1ccc(C)cc1F. The Hall–Kier alpha value is -0.930. The van der Waals surface area contributed by atoms with Crippen LogP contribution in [0.5, 0.6) is 0 Å². The minimum absolute atomic E-state index is 0.119. The molecular weight excluding hydrogens is 215 g/mol. The zero-order valence-electron chi connectivity index (χ0n) is 11.0. The van der Waals surface area contributed by atoms with Crippen LogP contribution in [0.15, 0.2) is 18.2 Å². The van der Waals surface area contributed by atoms with Crippen molar-refractivity contribution in [2.75, 3.05) is 13.1 Å². The third-order valence-electron chi connectivity index (χ3n) is 2.73. The van der Waals surface area contributed by atoms with Gasteiger partial charge in [0.2, 0.25) is 0 Å². The fourth-order valence-corrected chi connectivity index (χ4v) is 1.65. The predicted molar refractivity (Wildman–Crippen MR) is 70.6 cm³/mol. The van der Waals surface area contributed by atoms with Gasteiger partial charge >= 0.3 is 0 Å². The number of halogens is 1. The summed E-state index contributed by atoms with van der Waals surface area (Å²) in [7, 11) is 0. The second kappa shape index (κ2) is 7.41. The van der Waals surface area contributed by atoms with Crippen molar-refractivity contribution in [3.05, 3.63) is 35.1 Å². The highest BCUT2D eigenvalue weighted by molar-refractivity contribution is 5.23. The van der Waals surface area contributed by atoms with Gasteiger partial charge in [0.05, 0.1) is 0 Å². The summed E-state index contributed by atoms with van der Waals surface area (Å²) in [6, 6.07) is 5.73. The lowest BCUT2D eigenvalue weighted by molar-refractivity contribution is 0.491. The van der Waals surface area contributed by atoms with Crippen molar-refractivity contribution in [1.82, 2.24) is 10.6 Å². The number of nitrogens with one attached hydrogen (secondary N) is 2. The molecule has 0 bridgehead atoms. The van der Waals surface area contributed by atoms with E-state index in [2.05, 4.69) is 24.5 Å². The van der Waals surface area contributed by atoms with E-state index in [1.54, 1.807) is 6.07 Å². The lowest BCUT2D eigenvalue weighted by Crippen LogP contribution is -2.36. The summed E-state index contributed by atoms with van der Waals surface area (Å²) in [4.78, 5) is 0. The molecule has 3 heteroatoms. The van der Waals surface area contributed by atoms with E-state index < -0.39 is 0 Å². The van der Waals surface area contributed by atoms with Crippen molar-refractivity contribution in [2.24, 2.45) is 0 Å². The molecule has 0 saturated heterocycles. The highest BCUT2D eigenvalue weighted by atomic mass is 19.1. The number of rotatable bonds is 7. The van der Waals surface area contributed by atoms with Crippen LogP contribution in [-0.2, 0) is 6.54 Å². The Kier molecular flexibility index (Phi) is 6.16. The topological polar surface area (TPSA) is 24.1 Å². The Morgan fingerprint density at radius 1 is 1.35 bits per heavy atom. The molecule has 0 aliphatic rings.